The van der Waals surface area contributed by atoms with Crippen LogP contribution in [0.3, 0.4) is 0 Å². The van der Waals surface area contributed by atoms with Crippen molar-refractivity contribution < 1.29 is 13.5 Å². The third kappa shape index (κ3) is 2.58. The summed E-state index contributed by atoms with van der Waals surface area (Å²) in [6.07, 6.45) is 0.736. The van der Waals surface area contributed by atoms with Crippen LogP contribution in [0.1, 0.15) is 18.9 Å². The van der Waals surface area contributed by atoms with Crippen molar-refractivity contribution in [1.29, 1.82) is 0 Å². The number of hydrogen-bond acceptors (Lipinski definition) is 4. The van der Waals surface area contributed by atoms with Crippen LogP contribution in [0.25, 0.3) is 0 Å². The molecule has 3 N–H and O–H groups in total. The van der Waals surface area contributed by atoms with Gasteiger partial charge in [0.1, 0.15) is 4.99 Å². The van der Waals surface area contributed by atoms with Crippen LogP contribution in [-0.4, -0.2) is 42.0 Å². The minimum absolute atomic E-state index is 0.0527. The Balaban J connectivity index is 2.49. The van der Waals surface area contributed by atoms with Crippen LogP contribution in [0, 0.1) is 5.92 Å². The fourth-order valence-corrected chi connectivity index (χ4v) is 4.74. The quantitative estimate of drug-likeness (QED) is 0.800. The van der Waals surface area contributed by atoms with Crippen molar-refractivity contribution in [2.75, 3.05) is 13.2 Å². The maximum absolute atomic E-state index is 12.8. The van der Waals surface area contributed by atoms with Crippen molar-refractivity contribution in [1.82, 2.24) is 4.31 Å². The molecule has 2 atom stereocenters. The van der Waals surface area contributed by atoms with E-state index in [1.54, 1.807) is 18.2 Å². The summed E-state index contributed by atoms with van der Waals surface area (Å²) in [5.74, 6) is 0.131. The molecule has 1 aromatic rings. The maximum atomic E-state index is 12.8. The van der Waals surface area contributed by atoms with Crippen LogP contribution in [0.2, 0.25) is 0 Å². The molecule has 110 valence electrons. The number of thiocarbonyl (C=S) groups is 1. The first-order chi connectivity index (χ1) is 9.39. The molecule has 0 aromatic heterocycles. The number of aliphatic hydroxyl groups excluding tert-OH is 1. The predicted octanol–water partition coefficient (Wildman–Crippen LogP) is 0.712. The summed E-state index contributed by atoms with van der Waals surface area (Å²) < 4.78 is 26.9. The normalized spacial score (nSPS) is 23.9. The van der Waals surface area contributed by atoms with Crippen LogP contribution < -0.4 is 5.73 Å². The Kier molecular flexibility index (Phi) is 4.43. The molecule has 7 heteroatoms. The van der Waals surface area contributed by atoms with Gasteiger partial charge in [0.2, 0.25) is 10.0 Å². The van der Waals surface area contributed by atoms with E-state index in [9.17, 15) is 13.5 Å². The SMILES string of the molecule is CC1CCN(S(=O)(=O)c2ccccc2C(N)=S)C1CO. The Morgan fingerprint density at radius 3 is 2.75 bits per heavy atom. The molecule has 20 heavy (non-hydrogen) atoms. The Labute approximate surface area is 124 Å². The lowest BCUT2D eigenvalue weighted by Crippen LogP contribution is -2.40. The zero-order valence-corrected chi connectivity index (χ0v) is 12.8. The van der Waals surface area contributed by atoms with Gasteiger partial charge >= 0.3 is 0 Å². The average molecular weight is 314 g/mol. The maximum Gasteiger partial charge on any atom is 0.244 e. The van der Waals surface area contributed by atoms with E-state index in [-0.39, 0.29) is 28.5 Å². The Morgan fingerprint density at radius 1 is 1.50 bits per heavy atom. The van der Waals surface area contributed by atoms with Crippen LogP contribution in [0.4, 0.5) is 0 Å². The van der Waals surface area contributed by atoms with Crippen LogP contribution in [0.15, 0.2) is 29.2 Å². The molecule has 1 aromatic carbocycles. The van der Waals surface area contributed by atoms with Crippen molar-refractivity contribution in [2.24, 2.45) is 11.7 Å². The summed E-state index contributed by atoms with van der Waals surface area (Å²) in [6.45, 7) is 2.16. The number of aliphatic hydroxyl groups is 1. The van der Waals surface area contributed by atoms with Crippen LogP contribution >= 0.6 is 12.2 Å². The van der Waals surface area contributed by atoms with E-state index in [2.05, 4.69) is 0 Å². The Hall–Kier alpha value is -1.02. The highest BCUT2D eigenvalue weighted by atomic mass is 32.2. The van der Waals surface area contributed by atoms with E-state index >= 15 is 0 Å². The van der Waals surface area contributed by atoms with Crippen molar-refractivity contribution in [3.05, 3.63) is 29.8 Å². The molecule has 1 heterocycles. The number of hydrogen-bond donors (Lipinski definition) is 2. The lowest BCUT2D eigenvalue weighted by molar-refractivity contribution is 0.191. The average Bonchev–Trinajstić information content (AvgIpc) is 2.80. The molecule has 1 saturated heterocycles. The smallest absolute Gasteiger partial charge is 0.244 e. The fraction of sp³-hybridized carbons (Fsp3) is 0.462. The van der Waals surface area contributed by atoms with Gasteiger partial charge in [-0.2, -0.15) is 4.31 Å². The molecular weight excluding hydrogens is 296 g/mol. The number of nitrogens with two attached hydrogens (primary N) is 1. The minimum Gasteiger partial charge on any atom is -0.395 e. The molecule has 0 bridgehead atoms. The van der Waals surface area contributed by atoms with E-state index in [1.807, 2.05) is 6.92 Å². The first-order valence-electron chi connectivity index (χ1n) is 6.41. The van der Waals surface area contributed by atoms with Gasteiger partial charge in [-0.15, -0.1) is 0 Å². The van der Waals surface area contributed by atoms with Gasteiger partial charge in [-0.25, -0.2) is 8.42 Å². The molecule has 1 fully saturated rings. The fourth-order valence-electron chi connectivity index (χ4n) is 2.56. The van der Waals surface area contributed by atoms with Gasteiger partial charge < -0.3 is 10.8 Å². The second-order valence-corrected chi connectivity index (χ2v) is 7.29. The summed E-state index contributed by atoms with van der Waals surface area (Å²) in [6, 6.07) is 6.05. The molecule has 0 radical (unpaired) electrons. The number of nitrogens with zero attached hydrogens (tertiary/aromatic N) is 1. The second kappa shape index (κ2) is 5.77. The lowest BCUT2D eigenvalue weighted by Gasteiger charge is -2.25. The van der Waals surface area contributed by atoms with Crippen molar-refractivity contribution in [3.63, 3.8) is 0 Å². The molecule has 0 amide bonds. The predicted molar refractivity (Wildman–Crippen MR) is 80.9 cm³/mol. The molecule has 0 aliphatic carbocycles. The van der Waals surface area contributed by atoms with Crippen molar-refractivity contribution >= 4 is 27.2 Å². The highest BCUT2D eigenvalue weighted by molar-refractivity contribution is 7.89. The second-order valence-electron chi connectivity index (χ2n) is 4.99. The van der Waals surface area contributed by atoms with E-state index in [0.29, 0.717) is 12.1 Å². The summed E-state index contributed by atoms with van der Waals surface area (Å²) >= 11 is 4.92. The zero-order chi connectivity index (χ0) is 14.9. The molecule has 2 unspecified atom stereocenters. The third-order valence-corrected chi connectivity index (χ3v) is 5.96. The number of sulfonamides is 1. The van der Waals surface area contributed by atoms with E-state index < -0.39 is 10.0 Å². The third-order valence-electron chi connectivity index (χ3n) is 3.76. The van der Waals surface area contributed by atoms with Crippen LogP contribution in [0.5, 0.6) is 0 Å². The molecule has 1 aliphatic rings. The molecule has 5 nitrogen and oxygen atoms in total. The molecule has 0 saturated carbocycles. The summed E-state index contributed by atoms with van der Waals surface area (Å²) in [5.41, 5.74) is 5.95. The molecular formula is C13H18N2O3S2. The van der Waals surface area contributed by atoms with Gasteiger partial charge in [0, 0.05) is 12.1 Å². The van der Waals surface area contributed by atoms with Gasteiger partial charge in [-0.05, 0) is 18.4 Å². The van der Waals surface area contributed by atoms with Gasteiger partial charge in [0.15, 0.2) is 0 Å². The highest BCUT2D eigenvalue weighted by Crippen LogP contribution is 2.31. The highest BCUT2D eigenvalue weighted by Gasteiger charge is 2.40. The largest absolute Gasteiger partial charge is 0.395 e. The molecule has 1 aliphatic heterocycles. The molecule has 0 spiro atoms. The van der Waals surface area contributed by atoms with E-state index in [1.165, 1.54) is 10.4 Å². The first kappa shape index (κ1) is 15.4. The topological polar surface area (TPSA) is 83.6 Å². The number of benzene rings is 1. The minimum atomic E-state index is -3.70. The first-order valence-corrected chi connectivity index (χ1v) is 8.26. The summed E-state index contributed by atoms with van der Waals surface area (Å²) in [4.78, 5) is 0.164. The monoisotopic (exact) mass is 314 g/mol. The van der Waals surface area contributed by atoms with Gasteiger partial charge in [-0.3, -0.25) is 0 Å². The molecule has 2 rings (SSSR count). The van der Waals surface area contributed by atoms with Crippen LogP contribution in [-0.2, 0) is 10.0 Å². The van der Waals surface area contributed by atoms with Gasteiger partial charge in [0.05, 0.1) is 17.5 Å². The van der Waals surface area contributed by atoms with Crippen molar-refractivity contribution in [3.8, 4) is 0 Å². The van der Waals surface area contributed by atoms with E-state index in [0.717, 1.165) is 6.42 Å². The van der Waals surface area contributed by atoms with Gasteiger partial charge in [-0.1, -0.05) is 37.3 Å². The van der Waals surface area contributed by atoms with Gasteiger partial charge in [0.25, 0.3) is 0 Å². The van der Waals surface area contributed by atoms with E-state index in [4.69, 9.17) is 18.0 Å². The zero-order valence-electron chi connectivity index (χ0n) is 11.2. The Morgan fingerprint density at radius 2 is 2.15 bits per heavy atom. The standard InChI is InChI=1S/C13H18N2O3S2/c1-9-6-7-15(11(9)8-16)20(17,18)12-5-3-2-4-10(12)13(14)19/h2-5,9,11,16H,6-8H2,1H3,(H2,14,19). The summed E-state index contributed by atoms with van der Waals surface area (Å²) in [5, 5.41) is 9.44. The number of rotatable bonds is 4. The lowest BCUT2D eigenvalue weighted by atomic mass is 10.0. The Bertz CT molecular complexity index is 616. The van der Waals surface area contributed by atoms with Crippen molar-refractivity contribution in [2.45, 2.75) is 24.3 Å². The summed E-state index contributed by atoms with van der Waals surface area (Å²) in [7, 11) is -3.70.